The van der Waals surface area contributed by atoms with Gasteiger partial charge in [-0.2, -0.15) is 0 Å². The van der Waals surface area contributed by atoms with Gasteiger partial charge in [0.05, 0.1) is 12.5 Å². The molecule has 1 amide bonds. The summed E-state index contributed by atoms with van der Waals surface area (Å²) in [4.78, 5) is 24.9. The van der Waals surface area contributed by atoms with Crippen LogP contribution in [0.1, 0.15) is 31.2 Å². The molecule has 0 radical (unpaired) electrons. The molecular weight excluding hydrogens is 330 g/mol. The maximum Gasteiger partial charge on any atom is 0.317 e. The zero-order valence-corrected chi connectivity index (χ0v) is 14.9. The van der Waals surface area contributed by atoms with E-state index in [-0.39, 0.29) is 18.5 Å². The quantitative estimate of drug-likeness (QED) is 0.805. The first-order valence-electron chi connectivity index (χ1n) is 8.81. The molecule has 0 unspecified atom stereocenters. The molecule has 1 N–H and O–H groups in total. The van der Waals surface area contributed by atoms with Crippen molar-refractivity contribution in [1.29, 1.82) is 0 Å². The average molecular weight is 353 g/mol. The monoisotopic (exact) mass is 353 g/mol. The minimum Gasteiger partial charge on any atom is -0.497 e. The summed E-state index contributed by atoms with van der Waals surface area (Å²) in [7, 11) is 1.56. The third-order valence-corrected chi connectivity index (χ3v) is 4.86. The molecule has 0 saturated heterocycles. The van der Waals surface area contributed by atoms with Crippen LogP contribution in [0.2, 0.25) is 0 Å². The van der Waals surface area contributed by atoms with Crippen molar-refractivity contribution < 1.29 is 19.1 Å². The maximum atomic E-state index is 12.8. The zero-order chi connectivity index (χ0) is 18.4. The minimum atomic E-state index is -0.627. The van der Waals surface area contributed by atoms with E-state index in [4.69, 9.17) is 9.47 Å². The lowest BCUT2D eigenvalue weighted by atomic mass is 9.79. The number of anilines is 1. The maximum absolute atomic E-state index is 12.8. The van der Waals surface area contributed by atoms with E-state index in [0.717, 1.165) is 31.2 Å². The smallest absolute Gasteiger partial charge is 0.317 e. The molecule has 0 heterocycles. The van der Waals surface area contributed by atoms with Gasteiger partial charge < -0.3 is 14.8 Å². The molecule has 136 valence electrons. The summed E-state index contributed by atoms with van der Waals surface area (Å²) in [6.45, 7) is -0.301. The summed E-state index contributed by atoms with van der Waals surface area (Å²) >= 11 is 0. The summed E-state index contributed by atoms with van der Waals surface area (Å²) in [5, 5.41) is 2.72. The topological polar surface area (TPSA) is 64.6 Å². The average Bonchev–Trinajstić information content (AvgIpc) is 3.18. The molecule has 0 aliphatic heterocycles. The Morgan fingerprint density at radius 3 is 2.46 bits per heavy atom. The highest BCUT2D eigenvalue weighted by Crippen LogP contribution is 2.42. The Morgan fingerprint density at radius 2 is 1.77 bits per heavy atom. The van der Waals surface area contributed by atoms with Gasteiger partial charge in [-0.3, -0.25) is 9.59 Å². The van der Waals surface area contributed by atoms with Crippen molar-refractivity contribution >= 4 is 17.6 Å². The van der Waals surface area contributed by atoms with Gasteiger partial charge in [0, 0.05) is 11.8 Å². The van der Waals surface area contributed by atoms with E-state index < -0.39 is 5.41 Å². The first-order chi connectivity index (χ1) is 12.6. The van der Waals surface area contributed by atoms with Crippen molar-refractivity contribution in [3.8, 4) is 5.75 Å². The molecule has 1 fully saturated rings. The van der Waals surface area contributed by atoms with Crippen LogP contribution in [0.15, 0.2) is 54.6 Å². The van der Waals surface area contributed by atoms with Crippen LogP contribution < -0.4 is 10.1 Å². The number of ether oxygens (including phenoxy) is 2. The second-order valence-corrected chi connectivity index (χ2v) is 6.51. The van der Waals surface area contributed by atoms with Crippen LogP contribution in [0.25, 0.3) is 0 Å². The summed E-state index contributed by atoms with van der Waals surface area (Å²) in [5.41, 5.74) is 0.942. The lowest BCUT2D eigenvalue weighted by Crippen LogP contribution is -2.36. The molecule has 1 aliphatic carbocycles. The lowest BCUT2D eigenvalue weighted by molar-refractivity contribution is -0.153. The van der Waals surface area contributed by atoms with Crippen molar-refractivity contribution in [2.75, 3.05) is 19.0 Å². The molecule has 0 aromatic heterocycles. The fraction of sp³-hybridized carbons (Fsp3) is 0.333. The van der Waals surface area contributed by atoms with Crippen LogP contribution in [0.3, 0.4) is 0 Å². The Balaban J connectivity index is 1.62. The van der Waals surface area contributed by atoms with Crippen molar-refractivity contribution in [2.24, 2.45) is 0 Å². The van der Waals surface area contributed by atoms with Crippen molar-refractivity contribution in [3.05, 3.63) is 60.2 Å². The Labute approximate surface area is 153 Å². The number of methoxy groups -OCH3 is 1. The summed E-state index contributed by atoms with van der Waals surface area (Å²) in [5.74, 6) is -0.0383. The highest BCUT2D eigenvalue weighted by molar-refractivity contribution is 5.94. The summed E-state index contributed by atoms with van der Waals surface area (Å²) < 4.78 is 10.5. The summed E-state index contributed by atoms with van der Waals surface area (Å²) in [6, 6.07) is 16.7. The van der Waals surface area contributed by atoms with Gasteiger partial charge in [-0.15, -0.1) is 0 Å². The third-order valence-electron chi connectivity index (χ3n) is 4.86. The van der Waals surface area contributed by atoms with Gasteiger partial charge in [-0.1, -0.05) is 49.2 Å². The molecule has 5 heteroatoms. The van der Waals surface area contributed by atoms with Crippen LogP contribution >= 0.6 is 0 Å². The minimum absolute atomic E-state index is 0.301. The van der Waals surface area contributed by atoms with E-state index in [9.17, 15) is 9.59 Å². The van der Waals surface area contributed by atoms with Crippen LogP contribution in [-0.2, 0) is 19.7 Å². The lowest BCUT2D eigenvalue weighted by Gasteiger charge is -2.27. The number of rotatable bonds is 6. The van der Waals surface area contributed by atoms with E-state index in [1.54, 1.807) is 31.4 Å². The van der Waals surface area contributed by atoms with Crippen molar-refractivity contribution in [1.82, 2.24) is 0 Å². The van der Waals surface area contributed by atoms with Gasteiger partial charge in [0.15, 0.2) is 6.61 Å². The number of nitrogens with one attached hydrogen (secondary N) is 1. The number of carbonyl (C=O) groups excluding carboxylic acids is 2. The van der Waals surface area contributed by atoms with Crippen LogP contribution in [0, 0.1) is 0 Å². The second kappa shape index (κ2) is 8.04. The Bertz CT molecular complexity index is 767. The fourth-order valence-corrected chi connectivity index (χ4v) is 3.51. The molecular formula is C21H23NO4. The molecule has 1 saturated carbocycles. The normalized spacial score (nSPS) is 15.3. The molecule has 2 aromatic carbocycles. The van der Waals surface area contributed by atoms with Crippen LogP contribution in [-0.4, -0.2) is 25.6 Å². The Hall–Kier alpha value is -2.82. The summed E-state index contributed by atoms with van der Waals surface area (Å²) in [6.07, 6.45) is 3.49. The highest BCUT2D eigenvalue weighted by atomic mass is 16.5. The molecule has 0 atom stereocenters. The highest BCUT2D eigenvalue weighted by Gasteiger charge is 2.44. The van der Waals surface area contributed by atoms with Gasteiger partial charge in [-0.05, 0) is 30.5 Å². The molecule has 0 bridgehead atoms. The predicted molar refractivity (Wildman–Crippen MR) is 99.2 cm³/mol. The first kappa shape index (κ1) is 18.0. The van der Waals surface area contributed by atoms with Crippen LogP contribution in [0.5, 0.6) is 5.75 Å². The number of carbonyl (C=O) groups is 2. The van der Waals surface area contributed by atoms with Gasteiger partial charge in [-0.25, -0.2) is 0 Å². The Kier molecular flexibility index (Phi) is 5.56. The molecule has 3 rings (SSSR count). The standard InChI is InChI=1S/C21H23NO4/c1-25-18-11-7-10-17(14-18)22-19(23)15-26-20(24)21(12-5-6-13-21)16-8-3-2-4-9-16/h2-4,7-11,14H,5-6,12-13,15H2,1H3,(H,22,23). The first-order valence-corrected chi connectivity index (χ1v) is 8.81. The van der Waals surface area contributed by atoms with Crippen molar-refractivity contribution in [2.45, 2.75) is 31.1 Å². The Morgan fingerprint density at radius 1 is 1.04 bits per heavy atom. The molecule has 26 heavy (non-hydrogen) atoms. The van der Waals surface area contributed by atoms with Gasteiger partial charge in [0.1, 0.15) is 5.75 Å². The van der Waals surface area contributed by atoms with E-state index in [0.29, 0.717) is 11.4 Å². The van der Waals surface area contributed by atoms with Gasteiger partial charge in [0.2, 0.25) is 0 Å². The number of hydrogen-bond donors (Lipinski definition) is 1. The number of amides is 1. The van der Waals surface area contributed by atoms with E-state index in [1.807, 2.05) is 30.3 Å². The largest absolute Gasteiger partial charge is 0.497 e. The number of hydrogen-bond acceptors (Lipinski definition) is 4. The van der Waals surface area contributed by atoms with Gasteiger partial charge >= 0.3 is 5.97 Å². The number of benzene rings is 2. The van der Waals surface area contributed by atoms with Gasteiger partial charge in [0.25, 0.3) is 5.91 Å². The SMILES string of the molecule is COc1cccc(NC(=O)COC(=O)C2(c3ccccc3)CCCC2)c1. The second-order valence-electron chi connectivity index (χ2n) is 6.51. The molecule has 5 nitrogen and oxygen atoms in total. The fourth-order valence-electron chi connectivity index (χ4n) is 3.51. The zero-order valence-electron chi connectivity index (χ0n) is 14.9. The number of esters is 1. The third kappa shape index (κ3) is 3.87. The van der Waals surface area contributed by atoms with E-state index in [1.165, 1.54) is 0 Å². The predicted octanol–water partition coefficient (Wildman–Crippen LogP) is 3.69. The van der Waals surface area contributed by atoms with E-state index >= 15 is 0 Å². The van der Waals surface area contributed by atoms with E-state index in [2.05, 4.69) is 5.32 Å². The molecule has 2 aromatic rings. The molecule has 1 aliphatic rings. The van der Waals surface area contributed by atoms with Crippen LogP contribution in [0.4, 0.5) is 5.69 Å². The van der Waals surface area contributed by atoms with Crippen molar-refractivity contribution in [3.63, 3.8) is 0 Å². The molecule has 0 spiro atoms.